The fraction of sp³-hybridized carbons (Fsp3) is 0.388. The lowest BCUT2D eigenvalue weighted by molar-refractivity contribution is -0.136. The van der Waals surface area contributed by atoms with E-state index < -0.39 is 41.3 Å². The van der Waals surface area contributed by atoms with E-state index in [1.807, 2.05) is 36.4 Å². The number of piperidine rings is 2. The highest BCUT2D eigenvalue weighted by atomic mass is 79.9. The van der Waals surface area contributed by atoms with Crippen molar-refractivity contribution in [2.75, 3.05) is 68.0 Å². The lowest BCUT2D eigenvalue weighted by atomic mass is 10.0. The summed E-state index contributed by atoms with van der Waals surface area (Å²) in [6.45, 7) is 7.12. The van der Waals surface area contributed by atoms with Crippen LogP contribution in [0.15, 0.2) is 71.2 Å². The number of carbonyl (C=O) groups excluding carboxylic acids is 5. The van der Waals surface area contributed by atoms with Crippen LogP contribution >= 0.6 is 15.9 Å². The van der Waals surface area contributed by atoms with E-state index in [0.29, 0.717) is 59.0 Å². The predicted octanol–water partition coefficient (Wildman–Crippen LogP) is 6.23. The number of carbonyl (C=O) groups is 5. The molecule has 6 heterocycles. The Bertz CT molecular complexity index is 2760. The molecule has 10 rings (SSSR count). The number of ether oxygens (including phenoxy) is 1. The number of anilines is 3. The van der Waals surface area contributed by atoms with Gasteiger partial charge in [0.25, 0.3) is 17.7 Å². The van der Waals surface area contributed by atoms with Crippen molar-refractivity contribution in [1.29, 1.82) is 0 Å². The van der Waals surface area contributed by atoms with Crippen LogP contribution in [0.25, 0.3) is 10.9 Å². The lowest BCUT2D eigenvalue weighted by Crippen LogP contribution is -2.54. The van der Waals surface area contributed by atoms with Crippen molar-refractivity contribution >= 4 is 73.6 Å². The number of H-pyrrole nitrogens is 1. The number of rotatable bonds is 11. The molecule has 5 aromatic rings. The third kappa shape index (κ3) is 9.44. The average molecular weight is 979 g/mol. The van der Waals surface area contributed by atoms with Gasteiger partial charge in [0.05, 0.1) is 22.2 Å². The Morgan fingerprint density at radius 1 is 0.806 bits per heavy atom. The SMILES string of the molecule is O=C1CCC(N2C(=O)c3cc(CN4CCC(N5CCN(c6ccc(C(=O)Nc7n[nH]c8ccc(Cc9cc(F)cc(F)c9)cc78)c(NC7CCOCC7)c6)CC5)CC4)cc(Br)c3C2=O)C(=O)N1. The van der Waals surface area contributed by atoms with Crippen molar-refractivity contribution in [3.63, 3.8) is 0 Å². The van der Waals surface area contributed by atoms with Crippen LogP contribution in [0.5, 0.6) is 0 Å². The van der Waals surface area contributed by atoms with E-state index in [4.69, 9.17) is 4.74 Å². The van der Waals surface area contributed by atoms with E-state index in [1.54, 1.807) is 6.07 Å². The maximum absolute atomic E-state index is 14.1. The first-order valence-electron chi connectivity index (χ1n) is 22.9. The van der Waals surface area contributed by atoms with E-state index in [0.717, 1.165) is 104 Å². The Morgan fingerprint density at radius 3 is 2.31 bits per heavy atom. The second kappa shape index (κ2) is 18.9. The number of benzene rings is 4. The zero-order chi connectivity index (χ0) is 46.3. The van der Waals surface area contributed by atoms with Crippen molar-refractivity contribution in [3.8, 4) is 0 Å². The molecule has 15 nitrogen and oxygen atoms in total. The summed E-state index contributed by atoms with van der Waals surface area (Å²) >= 11 is 3.53. The van der Waals surface area contributed by atoms with Gasteiger partial charge in [0, 0.05) is 91.7 Å². The first kappa shape index (κ1) is 44.7. The summed E-state index contributed by atoms with van der Waals surface area (Å²) in [4.78, 5) is 73.5. The Labute approximate surface area is 393 Å². The van der Waals surface area contributed by atoms with Crippen LogP contribution in [0.3, 0.4) is 0 Å². The summed E-state index contributed by atoms with van der Waals surface area (Å²) in [5.74, 6) is -3.30. The van der Waals surface area contributed by atoms with Gasteiger partial charge in [-0.05, 0) is 139 Å². The number of imide groups is 2. The Balaban J connectivity index is 0.764. The van der Waals surface area contributed by atoms with Gasteiger partial charge in [-0.3, -0.25) is 49.1 Å². The van der Waals surface area contributed by atoms with Crippen LogP contribution in [0.2, 0.25) is 0 Å². The van der Waals surface area contributed by atoms with Crippen LogP contribution in [0.1, 0.15) is 86.3 Å². The van der Waals surface area contributed by atoms with Gasteiger partial charge >= 0.3 is 0 Å². The molecule has 4 aromatic carbocycles. The molecule has 1 atom stereocenters. The molecular weight excluding hydrogens is 928 g/mol. The summed E-state index contributed by atoms with van der Waals surface area (Å²) in [6, 6.07) is 18.2. The largest absolute Gasteiger partial charge is 0.381 e. The van der Waals surface area contributed by atoms with Crippen molar-refractivity contribution in [1.82, 2.24) is 30.2 Å². The highest BCUT2D eigenvalue weighted by Gasteiger charge is 2.46. The zero-order valence-corrected chi connectivity index (χ0v) is 38.3. The van der Waals surface area contributed by atoms with E-state index >= 15 is 0 Å². The van der Waals surface area contributed by atoms with Crippen LogP contribution < -0.4 is 20.9 Å². The second-order valence-corrected chi connectivity index (χ2v) is 19.0. The molecule has 4 fully saturated rings. The minimum atomic E-state index is -1.01. The number of aromatic nitrogens is 2. The zero-order valence-electron chi connectivity index (χ0n) is 36.7. The molecule has 1 unspecified atom stereocenters. The van der Waals surface area contributed by atoms with Crippen LogP contribution in [-0.2, 0) is 27.3 Å². The van der Waals surface area contributed by atoms with E-state index in [2.05, 4.69) is 62.8 Å². The third-order valence-electron chi connectivity index (χ3n) is 13.7. The molecule has 18 heteroatoms. The van der Waals surface area contributed by atoms with Crippen LogP contribution in [0, 0.1) is 11.6 Å². The highest BCUT2D eigenvalue weighted by Crippen LogP contribution is 2.35. The van der Waals surface area contributed by atoms with Gasteiger partial charge in [0.15, 0.2) is 5.82 Å². The quantitative estimate of drug-likeness (QED) is 0.111. The van der Waals surface area contributed by atoms with Gasteiger partial charge in [-0.15, -0.1) is 0 Å². The normalized spacial score (nSPS) is 20.1. The first-order chi connectivity index (χ1) is 32.4. The van der Waals surface area contributed by atoms with Gasteiger partial charge in [-0.25, -0.2) is 8.78 Å². The van der Waals surface area contributed by atoms with Gasteiger partial charge in [0.1, 0.15) is 17.7 Å². The number of nitrogens with zero attached hydrogens (tertiary/aromatic N) is 5. The fourth-order valence-corrected chi connectivity index (χ4v) is 10.9. The fourth-order valence-electron chi connectivity index (χ4n) is 10.2. The van der Waals surface area contributed by atoms with Gasteiger partial charge in [0.2, 0.25) is 11.8 Å². The van der Waals surface area contributed by atoms with Gasteiger partial charge < -0.3 is 20.3 Å². The van der Waals surface area contributed by atoms with Crippen molar-refractivity contribution in [2.24, 2.45) is 0 Å². The van der Waals surface area contributed by atoms with Crippen molar-refractivity contribution in [2.45, 2.75) is 69.6 Å². The number of piperazine rings is 1. The number of likely N-dealkylation sites (tertiary alicyclic amines) is 1. The predicted molar refractivity (Wildman–Crippen MR) is 250 cm³/mol. The van der Waals surface area contributed by atoms with E-state index in [-0.39, 0.29) is 35.9 Å². The highest BCUT2D eigenvalue weighted by molar-refractivity contribution is 9.10. The number of amides is 5. The summed E-state index contributed by atoms with van der Waals surface area (Å²) in [6.07, 6.45) is 4.12. The minimum absolute atomic E-state index is 0.0681. The molecule has 5 amide bonds. The summed E-state index contributed by atoms with van der Waals surface area (Å²) in [5.41, 5.74) is 5.72. The van der Waals surface area contributed by atoms with Crippen LogP contribution in [0.4, 0.5) is 26.0 Å². The second-order valence-electron chi connectivity index (χ2n) is 18.1. The van der Waals surface area contributed by atoms with Crippen molar-refractivity contribution < 1.29 is 37.5 Å². The molecule has 4 N–H and O–H groups in total. The monoisotopic (exact) mass is 977 g/mol. The summed E-state index contributed by atoms with van der Waals surface area (Å²) < 4.78 is 34.0. The molecule has 5 aliphatic rings. The number of nitrogens with one attached hydrogen (secondary N) is 4. The molecule has 0 saturated carbocycles. The molecule has 5 aliphatic heterocycles. The van der Waals surface area contributed by atoms with Gasteiger partial charge in [-0.1, -0.05) is 6.07 Å². The minimum Gasteiger partial charge on any atom is -0.381 e. The third-order valence-corrected chi connectivity index (χ3v) is 14.4. The smallest absolute Gasteiger partial charge is 0.263 e. The molecule has 348 valence electrons. The number of aromatic amines is 1. The average Bonchev–Trinajstić information content (AvgIpc) is 3.82. The Hall–Kier alpha value is -6.08. The number of hydrogen-bond donors (Lipinski definition) is 4. The molecule has 0 aliphatic carbocycles. The summed E-state index contributed by atoms with van der Waals surface area (Å²) in [7, 11) is 0. The molecular formula is C49H50BrF2N9O6. The molecule has 1 aromatic heterocycles. The maximum atomic E-state index is 14.1. The molecule has 0 spiro atoms. The number of fused-ring (bicyclic) bond motifs is 2. The Morgan fingerprint density at radius 2 is 1.57 bits per heavy atom. The van der Waals surface area contributed by atoms with Crippen molar-refractivity contribution in [3.05, 3.63) is 116 Å². The van der Waals surface area contributed by atoms with Crippen LogP contribution in [-0.4, -0.2) is 125 Å². The molecule has 0 radical (unpaired) electrons. The van der Waals surface area contributed by atoms with Gasteiger partial charge in [-0.2, -0.15) is 5.10 Å². The van der Waals surface area contributed by atoms with E-state index in [9.17, 15) is 32.8 Å². The standard InChI is InChI=1S/C49H50BrF2N9O6/c50-39-24-30(23-38-44(39)49(66)61(48(38)65)42-5-6-43(62)54-47(42)64)27-58-11-7-34(8-12-58)59-13-15-60(16-14-59)35-2-3-36(41(26-35)53-33-9-17-67-18-10-33)46(63)55-45-37-22-28(1-4-40(37)56-57-45)19-29-20-31(51)25-32(52)21-29/h1-4,20-26,33-34,42,53H,5-19,27H2,(H,54,62,64)(H2,55,56,57,63). The molecule has 4 saturated heterocycles. The first-order valence-corrected chi connectivity index (χ1v) is 23.7. The molecule has 67 heavy (non-hydrogen) atoms. The Kier molecular flexibility index (Phi) is 12.6. The van der Waals surface area contributed by atoms with E-state index in [1.165, 1.54) is 12.1 Å². The number of halogens is 3. The molecule has 0 bridgehead atoms. The summed E-state index contributed by atoms with van der Waals surface area (Å²) in [5, 5.41) is 17.0. The number of hydrogen-bond acceptors (Lipinski definition) is 11. The topological polar surface area (TPSA) is 172 Å². The maximum Gasteiger partial charge on any atom is 0.263 e. The lowest BCUT2D eigenvalue weighted by Gasteiger charge is -2.43.